The lowest BCUT2D eigenvalue weighted by atomic mass is 9.72. The summed E-state index contributed by atoms with van der Waals surface area (Å²) in [5.74, 6) is 0. The fourth-order valence-corrected chi connectivity index (χ4v) is 3.49. The van der Waals surface area contributed by atoms with Crippen LogP contribution in [0.5, 0.6) is 0 Å². The van der Waals surface area contributed by atoms with Gasteiger partial charge in [-0.15, -0.1) is 0 Å². The molecule has 3 N–H and O–H groups in total. The molecule has 0 bridgehead atoms. The minimum absolute atomic E-state index is 0.0131. The van der Waals surface area contributed by atoms with Crippen molar-refractivity contribution in [3.05, 3.63) is 35.4 Å². The van der Waals surface area contributed by atoms with Crippen LogP contribution in [-0.2, 0) is 10.2 Å². The molecule has 0 spiro atoms. The highest BCUT2D eigenvalue weighted by Crippen LogP contribution is 2.36. The first kappa shape index (κ1) is 18.7. The molecule has 1 unspecified atom stereocenters. The molecule has 2 rings (SSSR count). The maximum atomic E-state index is 12.3. The van der Waals surface area contributed by atoms with Gasteiger partial charge in [-0.1, -0.05) is 31.2 Å². The third kappa shape index (κ3) is 4.71. The molecule has 0 saturated carbocycles. The van der Waals surface area contributed by atoms with Gasteiger partial charge in [0.15, 0.2) is 0 Å². The zero-order chi connectivity index (χ0) is 17.4. The van der Waals surface area contributed by atoms with Gasteiger partial charge in [-0.3, -0.25) is 0 Å². The predicted octanol–water partition coefficient (Wildman–Crippen LogP) is 2.50. The van der Waals surface area contributed by atoms with E-state index in [9.17, 15) is 4.79 Å². The third-order valence-electron chi connectivity index (χ3n) is 5.06. The average Bonchev–Trinajstić information content (AvgIpc) is 2.61. The summed E-state index contributed by atoms with van der Waals surface area (Å²) in [4.78, 5) is 12.3. The Morgan fingerprint density at radius 2 is 2.04 bits per heavy atom. The molecule has 1 heterocycles. The van der Waals surface area contributed by atoms with Crippen LogP contribution in [0.2, 0.25) is 0 Å². The SMILES string of the molecule is CCC(CCO)NC(=O)NCC1(c2ccccc2C)CCOCC1. The molecule has 0 radical (unpaired) electrons. The van der Waals surface area contributed by atoms with E-state index in [1.165, 1.54) is 11.1 Å². The molecule has 2 amide bonds. The summed E-state index contributed by atoms with van der Waals surface area (Å²) in [5, 5.41) is 15.1. The van der Waals surface area contributed by atoms with Gasteiger partial charge in [-0.25, -0.2) is 4.79 Å². The van der Waals surface area contributed by atoms with Crippen molar-refractivity contribution in [2.24, 2.45) is 0 Å². The van der Waals surface area contributed by atoms with Crippen LogP contribution in [0, 0.1) is 6.92 Å². The van der Waals surface area contributed by atoms with Crippen molar-refractivity contribution in [3.8, 4) is 0 Å². The molecule has 1 atom stereocenters. The lowest BCUT2D eigenvalue weighted by Crippen LogP contribution is -2.49. The summed E-state index contributed by atoms with van der Waals surface area (Å²) in [6.45, 7) is 6.26. The highest BCUT2D eigenvalue weighted by molar-refractivity contribution is 5.74. The number of amides is 2. The van der Waals surface area contributed by atoms with Gasteiger partial charge in [0.25, 0.3) is 0 Å². The second-order valence-electron chi connectivity index (χ2n) is 6.65. The molecule has 0 aromatic heterocycles. The van der Waals surface area contributed by atoms with Crippen molar-refractivity contribution >= 4 is 6.03 Å². The summed E-state index contributed by atoms with van der Waals surface area (Å²) < 4.78 is 5.55. The molecule has 5 nitrogen and oxygen atoms in total. The smallest absolute Gasteiger partial charge is 0.315 e. The predicted molar refractivity (Wildman–Crippen MR) is 95.2 cm³/mol. The lowest BCUT2D eigenvalue weighted by Gasteiger charge is -2.39. The lowest BCUT2D eigenvalue weighted by molar-refractivity contribution is 0.0504. The highest BCUT2D eigenvalue weighted by Gasteiger charge is 2.35. The Kier molecular flexibility index (Phi) is 7.06. The fraction of sp³-hybridized carbons (Fsp3) is 0.632. The normalized spacial score (nSPS) is 18.0. The van der Waals surface area contributed by atoms with E-state index >= 15 is 0 Å². The molecule has 1 aromatic rings. The van der Waals surface area contributed by atoms with Crippen LogP contribution in [0.25, 0.3) is 0 Å². The van der Waals surface area contributed by atoms with E-state index in [2.05, 4.69) is 35.8 Å². The topological polar surface area (TPSA) is 70.6 Å². The highest BCUT2D eigenvalue weighted by atomic mass is 16.5. The molecule has 1 aromatic carbocycles. The van der Waals surface area contributed by atoms with Crippen LogP contribution < -0.4 is 10.6 Å². The molecule has 1 aliphatic heterocycles. The van der Waals surface area contributed by atoms with E-state index in [1.807, 2.05) is 13.0 Å². The van der Waals surface area contributed by atoms with E-state index in [0.29, 0.717) is 13.0 Å². The quantitative estimate of drug-likeness (QED) is 0.717. The molecule has 1 aliphatic rings. The Morgan fingerprint density at radius 1 is 1.33 bits per heavy atom. The first-order valence-corrected chi connectivity index (χ1v) is 8.90. The fourth-order valence-electron chi connectivity index (χ4n) is 3.49. The number of nitrogens with one attached hydrogen (secondary N) is 2. The van der Waals surface area contributed by atoms with Crippen molar-refractivity contribution < 1.29 is 14.6 Å². The van der Waals surface area contributed by atoms with Crippen LogP contribution in [0.3, 0.4) is 0 Å². The van der Waals surface area contributed by atoms with Gasteiger partial charge in [0.2, 0.25) is 0 Å². The maximum Gasteiger partial charge on any atom is 0.315 e. The molecule has 0 aliphatic carbocycles. The summed E-state index contributed by atoms with van der Waals surface area (Å²) >= 11 is 0. The summed E-state index contributed by atoms with van der Waals surface area (Å²) in [5.41, 5.74) is 2.49. The van der Waals surface area contributed by atoms with Crippen molar-refractivity contribution in [2.45, 2.75) is 51.0 Å². The largest absolute Gasteiger partial charge is 0.396 e. The van der Waals surface area contributed by atoms with Gasteiger partial charge < -0.3 is 20.5 Å². The number of ether oxygens (including phenoxy) is 1. The van der Waals surface area contributed by atoms with Gasteiger partial charge in [0.05, 0.1) is 0 Å². The first-order valence-electron chi connectivity index (χ1n) is 8.90. The van der Waals surface area contributed by atoms with Crippen LogP contribution in [0.4, 0.5) is 4.79 Å². The second-order valence-corrected chi connectivity index (χ2v) is 6.65. The zero-order valence-corrected chi connectivity index (χ0v) is 14.8. The maximum absolute atomic E-state index is 12.3. The number of aliphatic hydroxyl groups excluding tert-OH is 1. The number of aryl methyl sites for hydroxylation is 1. The zero-order valence-electron chi connectivity index (χ0n) is 14.8. The Balaban J connectivity index is 2.05. The standard InChI is InChI=1S/C19H30N2O3/c1-3-16(8-11-22)21-18(23)20-14-19(9-12-24-13-10-19)17-7-5-4-6-15(17)2/h4-7,16,22H,3,8-14H2,1-2H3,(H2,20,21,23). The van der Waals surface area contributed by atoms with E-state index in [4.69, 9.17) is 9.84 Å². The minimum Gasteiger partial charge on any atom is -0.396 e. The summed E-state index contributed by atoms with van der Waals surface area (Å²) in [6.07, 6.45) is 3.21. The van der Waals surface area contributed by atoms with Crippen LogP contribution in [0.1, 0.15) is 43.7 Å². The average molecular weight is 334 g/mol. The Morgan fingerprint density at radius 3 is 2.67 bits per heavy atom. The van der Waals surface area contributed by atoms with Gasteiger partial charge >= 0.3 is 6.03 Å². The Bertz CT molecular complexity index is 527. The van der Waals surface area contributed by atoms with E-state index in [-0.39, 0.29) is 24.1 Å². The van der Waals surface area contributed by atoms with Crippen molar-refractivity contribution in [3.63, 3.8) is 0 Å². The van der Waals surface area contributed by atoms with Gasteiger partial charge in [-0.2, -0.15) is 0 Å². The van der Waals surface area contributed by atoms with Crippen molar-refractivity contribution in [1.29, 1.82) is 0 Å². The molecule has 1 saturated heterocycles. The first-order chi connectivity index (χ1) is 11.6. The van der Waals surface area contributed by atoms with Gasteiger partial charge in [0, 0.05) is 37.8 Å². The van der Waals surface area contributed by atoms with Crippen molar-refractivity contribution in [1.82, 2.24) is 10.6 Å². The van der Waals surface area contributed by atoms with E-state index < -0.39 is 0 Å². The number of carbonyl (C=O) groups is 1. The molecule has 5 heteroatoms. The Labute approximate surface area is 144 Å². The molecular weight excluding hydrogens is 304 g/mol. The van der Waals surface area contributed by atoms with Crippen molar-refractivity contribution in [2.75, 3.05) is 26.4 Å². The van der Waals surface area contributed by atoms with Crippen LogP contribution in [0.15, 0.2) is 24.3 Å². The number of hydrogen-bond donors (Lipinski definition) is 3. The Hall–Kier alpha value is -1.59. The third-order valence-corrected chi connectivity index (χ3v) is 5.06. The number of benzene rings is 1. The number of hydrogen-bond acceptors (Lipinski definition) is 3. The monoisotopic (exact) mass is 334 g/mol. The van der Waals surface area contributed by atoms with Gasteiger partial charge in [0.1, 0.15) is 0 Å². The number of rotatable bonds is 7. The summed E-state index contributed by atoms with van der Waals surface area (Å²) in [7, 11) is 0. The second kappa shape index (κ2) is 9.04. The molecular formula is C19H30N2O3. The summed E-state index contributed by atoms with van der Waals surface area (Å²) in [6, 6.07) is 8.26. The number of urea groups is 1. The minimum atomic E-state index is -0.158. The van der Waals surface area contributed by atoms with E-state index in [1.54, 1.807) is 0 Å². The number of carbonyl (C=O) groups excluding carboxylic acids is 1. The molecule has 1 fully saturated rings. The van der Waals surface area contributed by atoms with Gasteiger partial charge in [-0.05, 0) is 43.7 Å². The van der Waals surface area contributed by atoms with Crippen LogP contribution >= 0.6 is 0 Å². The van der Waals surface area contributed by atoms with Crippen LogP contribution in [-0.4, -0.2) is 43.5 Å². The van der Waals surface area contributed by atoms with E-state index in [0.717, 1.165) is 32.5 Å². The molecule has 24 heavy (non-hydrogen) atoms. The number of aliphatic hydroxyl groups is 1. The molecule has 134 valence electrons.